The Kier molecular flexibility index (Phi) is 3.72. The second-order valence-corrected chi connectivity index (χ2v) is 5.19. The molecule has 86 valence electrons. The van der Waals surface area contributed by atoms with Crippen molar-refractivity contribution in [3.8, 4) is 0 Å². The Hall–Kier alpha value is -0.630. The van der Waals surface area contributed by atoms with Crippen LogP contribution in [0.15, 0.2) is 11.1 Å². The van der Waals surface area contributed by atoms with Crippen molar-refractivity contribution < 1.29 is 9.90 Å². The first-order chi connectivity index (χ1) is 6.85. The van der Waals surface area contributed by atoms with Crippen LogP contribution in [-0.2, 0) is 4.79 Å². The van der Waals surface area contributed by atoms with Crippen molar-refractivity contribution in [1.82, 2.24) is 0 Å². The van der Waals surface area contributed by atoms with Crippen molar-refractivity contribution in [1.29, 1.82) is 0 Å². The standard InChI is InChI=1S/C13H22O2/c1-9-5-8-12(15)13(3,4)11(9)7-6-10(2)14/h10,14H,5-8H2,1-4H3. The number of carbonyl (C=O) groups is 1. The molecule has 2 nitrogen and oxygen atoms in total. The van der Waals surface area contributed by atoms with E-state index in [1.807, 2.05) is 13.8 Å². The lowest BCUT2D eigenvalue weighted by atomic mass is 9.70. The number of carbonyl (C=O) groups excluding carboxylic acids is 1. The number of allylic oxidation sites excluding steroid dienone is 2. The number of Topliss-reactive ketones (excluding diaryl/α,β-unsaturated/α-hetero) is 1. The van der Waals surface area contributed by atoms with E-state index in [9.17, 15) is 9.90 Å². The Labute approximate surface area is 92.4 Å². The highest BCUT2D eigenvalue weighted by Crippen LogP contribution is 2.40. The van der Waals surface area contributed by atoms with Gasteiger partial charge in [-0.2, -0.15) is 0 Å². The van der Waals surface area contributed by atoms with Crippen LogP contribution in [0.5, 0.6) is 0 Å². The second-order valence-electron chi connectivity index (χ2n) is 5.19. The summed E-state index contributed by atoms with van der Waals surface area (Å²) in [6.45, 7) is 7.93. The van der Waals surface area contributed by atoms with Crippen LogP contribution in [0.2, 0.25) is 0 Å². The van der Waals surface area contributed by atoms with Crippen LogP contribution in [0.4, 0.5) is 0 Å². The molecule has 0 aliphatic heterocycles. The minimum absolute atomic E-state index is 0.280. The van der Waals surface area contributed by atoms with Crippen LogP contribution >= 0.6 is 0 Å². The number of hydrogen-bond acceptors (Lipinski definition) is 2. The summed E-state index contributed by atoms with van der Waals surface area (Å²) in [5, 5.41) is 9.30. The molecule has 0 fully saturated rings. The topological polar surface area (TPSA) is 37.3 Å². The van der Waals surface area contributed by atoms with Gasteiger partial charge in [0.1, 0.15) is 5.78 Å². The summed E-state index contributed by atoms with van der Waals surface area (Å²) in [4.78, 5) is 11.8. The van der Waals surface area contributed by atoms with Gasteiger partial charge in [-0.25, -0.2) is 0 Å². The number of aliphatic hydroxyl groups is 1. The van der Waals surface area contributed by atoms with Crippen molar-refractivity contribution in [2.75, 3.05) is 0 Å². The fourth-order valence-corrected chi connectivity index (χ4v) is 2.35. The van der Waals surface area contributed by atoms with E-state index in [-0.39, 0.29) is 11.5 Å². The molecular formula is C13H22O2. The number of ketones is 1. The van der Waals surface area contributed by atoms with Crippen LogP contribution in [0.25, 0.3) is 0 Å². The largest absolute Gasteiger partial charge is 0.393 e. The zero-order valence-electron chi connectivity index (χ0n) is 10.3. The molecule has 0 radical (unpaired) electrons. The van der Waals surface area contributed by atoms with Crippen molar-refractivity contribution >= 4 is 5.78 Å². The molecule has 1 N–H and O–H groups in total. The van der Waals surface area contributed by atoms with Crippen LogP contribution in [0.3, 0.4) is 0 Å². The molecule has 0 aromatic rings. The molecule has 0 amide bonds. The van der Waals surface area contributed by atoms with E-state index in [1.165, 1.54) is 11.1 Å². The summed E-state index contributed by atoms with van der Waals surface area (Å²) < 4.78 is 0. The third kappa shape index (κ3) is 2.69. The summed E-state index contributed by atoms with van der Waals surface area (Å²) in [5.74, 6) is 0.341. The molecule has 2 heteroatoms. The van der Waals surface area contributed by atoms with E-state index >= 15 is 0 Å². The fraction of sp³-hybridized carbons (Fsp3) is 0.769. The SMILES string of the molecule is CC1=C(CCC(C)O)C(C)(C)C(=O)CC1. The molecule has 0 aromatic carbocycles. The zero-order chi connectivity index (χ0) is 11.6. The van der Waals surface area contributed by atoms with Crippen molar-refractivity contribution in [2.24, 2.45) is 5.41 Å². The highest BCUT2D eigenvalue weighted by Gasteiger charge is 2.35. The lowest BCUT2D eigenvalue weighted by molar-refractivity contribution is -0.126. The predicted molar refractivity (Wildman–Crippen MR) is 61.6 cm³/mol. The lowest BCUT2D eigenvalue weighted by Gasteiger charge is -2.33. The van der Waals surface area contributed by atoms with Crippen molar-refractivity contribution in [3.63, 3.8) is 0 Å². The van der Waals surface area contributed by atoms with Gasteiger partial charge in [0.15, 0.2) is 0 Å². The normalized spacial score (nSPS) is 23.1. The Morgan fingerprint density at radius 3 is 2.53 bits per heavy atom. The van der Waals surface area contributed by atoms with E-state index in [4.69, 9.17) is 0 Å². The highest BCUT2D eigenvalue weighted by molar-refractivity contribution is 5.88. The number of rotatable bonds is 3. The quantitative estimate of drug-likeness (QED) is 0.727. The molecule has 1 unspecified atom stereocenters. The van der Waals surface area contributed by atoms with E-state index < -0.39 is 0 Å². The van der Waals surface area contributed by atoms with Gasteiger partial charge >= 0.3 is 0 Å². The van der Waals surface area contributed by atoms with Gasteiger partial charge in [-0.05, 0) is 47.0 Å². The Balaban J connectivity index is 2.85. The minimum atomic E-state index is -0.308. The fourth-order valence-electron chi connectivity index (χ4n) is 2.35. The van der Waals surface area contributed by atoms with Gasteiger partial charge < -0.3 is 5.11 Å². The first-order valence-corrected chi connectivity index (χ1v) is 5.76. The Bertz CT molecular complexity index is 285. The van der Waals surface area contributed by atoms with Gasteiger partial charge in [0.25, 0.3) is 0 Å². The lowest BCUT2D eigenvalue weighted by Crippen LogP contribution is -2.31. The van der Waals surface area contributed by atoms with E-state index in [1.54, 1.807) is 6.92 Å². The van der Waals surface area contributed by atoms with Gasteiger partial charge in [-0.3, -0.25) is 4.79 Å². The van der Waals surface area contributed by atoms with Crippen LogP contribution < -0.4 is 0 Å². The molecule has 0 spiro atoms. The Morgan fingerprint density at radius 1 is 1.40 bits per heavy atom. The molecule has 15 heavy (non-hydrogen) atoms. The number of aliphatic hydroxyl groups excluding tert-OH is 1. The average Bonchev–Trinajstić information content (AvgIpc) is 2.11. The predicted octanol–water partition coefficient (Wildman–Crippen LogP) is 2.85. The third-order valence-electron chi connectivity index (χ3n) is 3.51. The van der Waals surface area contributed by atoms with Crippen molar-refractivity contribution in [2.45, 2.75) is 59.5 Å². The molecule has 1 atom stereocenters. The summed E-state index contributed by atoms with van der Waals surface area (Å²) in [5.41, 5.74) is 2.29. The first kappa shape index (κ1) is 12.4. The highest BCUT2D eigenvalue weighted by atomic mass is 16.3. The van der Waals surface area contributed by atoms with E-state index in [0.29, 0.717) is 12.2 Å². The molecule has 0 saturated heterocycles. The molecule has 0 aromatic heterocycles. The molecule has 0 heterocycles. The summed E-state index contributed by atoms with van der Waals surface area (Å²) >= 11 is 0. The molecule has 1 rings (SSSR count). The maximum Gasteiger partial charge on any atom is 0.142 e. The maximum atomic E-state index is 11.8. The molecule has 0 bridgehead atoms. The molecular weight excluding hydrogens is 188 g/mol. The minimum Gasteiger partial charge on any atom is -0.393 e. The van der Waals surface area contributed by atoms with Gasteiger partial charge in [-0.1, -0.05) is 11.1 Å². The Morgan fingerprint density at radius 2 is 2.00 bits per heavy atom. The molecule has 1 aliphatic rings. The third-order valence-corrected chi connectivity index (χ3v) is 3.51. The van der Waals surface area contributed by atoms with Crippen LogP contribution in [-0.4, -0.2) is 17.0 Å². The number of hydrogen-bond donors (Lipinski definition) is 1. The molecule has 0 saturated carbocycles. The van der Waals surface area contributed by atoms with Crippen LogP contribution in [0, 0.1) is 5.41 Å². The zero-order valence-corrected chi connectivity index (χ0v) is 10.3. The smallest absolute Gasteiger partial charge is 0.142 e. The maximum absolute atomic E-state index is 11.8. The van der Waals surface area contributed by atoms with E-state index in [0.717, 1.165) is 19.3 Å². The van der Waals surface area contributed by atoms with Gasteiger partial charge in [-0.15, -0.1) is 0 Å². The van der Waals surface area contributed by atoms with Crippen LogP contribution in [0.1, 0.15) is 53.4 Å². The summed E-state index contributed by atoms with van der Waals surface area (Å²) in [7, 11) is 0. The second kappa shape index (κ2) is 4.48. The molecule has 1 aliphatic carbocycles. The van der Waals surface area contributed by atoms with Gasteiger partial charge in [0.2, 0.25) is 0 Å². The summed E-state index contributed by atoms with van der Waals surface area (Å²) in [6.07, 6.45) is 2.90. The average molecular weight is 210 g/mol. The van der Waals surface area contributed by atoms with E-state index in [2.05, 4.69) is 6.92 Å². The van der Waals surface area contributed by atoms with Gasteiger partial charge in [0.05, 0.1) is 6.10 Å². The first-order valence-electron chi connectivity index (χ1n) is 5.76. The summed E-state index contributed by atoms with van der Waals surface area (Å²) in [6, 6.07) is 0. The monoisotopic (exact) mass is 210 g/mol. The van der Waals surface area contributed by atoms with Crippen molar-refractivity contribution in [3.05, 3.63) is 11.1 Å². The van der Waals surface area contributed by atoms with Gasteiger partial charge in [0, 0.05) is 11.8 Å².